The van der Waals surface area contributed by atoms with Crippen LogP contribution in [0.4, 0.5) is 0 Å². The molecule has 3 heterocycles. The summed E-state index contributed by atoms with van der Waals surface area (Å²) in [7, 11) is 2.20. The maximum Gasteiger partial charge on any atom is 0.197 e. The highest BCUT2D eigenvalue weighted by atomic mass is 16.5. The van der Waals surface area contributed by atoms with Crippen LogP contribution in [0, 0.1) is 5.92 Å². The van der Waals surface area contributed by atoms with Gasteiger partial charge in [-0.05, 0) is 12.1 Å². The van der Waals surface area contributed by atoms with Crippen LogP contribution in [0.2, 0.25) is 0 Å². The molecule has 4 rings (SSSR count). The van der Waals surface area contributed by atoms with E-state index in [0.717, 1.165) is 36.2 Å². The molecule has 0 aromatic heterocycles. The molecule has 18 heavy (non-hydrogen) atoms. The fourth-order valence-corrected chi connectivity index (χ4v) is 3.29. The van der Waals surface area contributed by atoms with Gasteiger partial charge in [0.05, 0.1) is 20.1 Å². The molecule has 0 amide bonds. The lowest BCUT2D eigenvalue weighted by Crippen LogP contribution is -2.68. The van der Waals surface area contributed by atoms with Gasteiger partial charge >= 0.3 is 0 Å². The monoisotopic (exact) mass is 246 g/mol. The summed E-state index contributed by atoms with van der Waals surface area (Å²) in [5.41, 5.74) is 0. The first kappa shape index (κ1) is 11.7. The number of fused-ring (bicyclic) bond motifs is 3. The van der Waals surface area contributed by atoms with Gasteiger partial charge in [-0.15, -0.1) is 0 Å². The lowest BCUT2D eigenvalue weighted by molar-refractivity contribution is -0.935. The molecule has 3 aliphatic rings. The zero-order valence-corrected chi connectivity index (χ0v) is 10.8. The van der Waals surface area contributed by atoms with E-state index < -0.39 is 0 Å². The summed E-state index contributed by atoms with van der Waals surface area (Å²) in [6, 6.07) is 9.82. The predicted molar refractivity (Wildman–Crippen MR) is 69.4 cm³/mol. The summed E-state index contributed by atoms with van der Waals surface area (Å²) in [6.07, 6.45) is 2.13. The number of likely N-dealkylation sites (N-methyl/N-ethyl adjacent to an activating group) is 1. The van der Waals surface area contributed by atoms with Gasteiger partial charge in [0.25, 0.3) is 0 Å². The zero-order valence-electron chi connectivity index (χ0n) is 10.8. The minimum Gasteiger partial charge on any atom is -0.487 e. The van der Waals surface area contributed by atoms with Crippen molar-refractivity contribution in [3.63, 3.8) is 0 Å². The molecule has 2 bridgehead atoms. The van der Waals surface area contributed by atoms with E-state index in [1.165, 1.54) is 0 Å². The number of carbonyl (C=O) groups is 1. The number of piperidine rings is 3. The van der Waals surface area contributed by atoms with Crippen molar-refractivity contribution < 1.29 is 14.0 Å². The lowest BCUT2D eigenvalue weighted by Gasteiger charge is -2.50. The van der Waals surface area contributed by atoms with E-state index in [-0.39, 0.29) is 6.04 Å². The summed E-state index contributed by atoms with van der Waals surface area (Å²) in [5.74, 6) is 1.58. The standard InChI is InChI=1S/C15H20NO2/c1-16-9-7-12(8-10-16)15(17)14(16)11-18-13-5-3-2-4-6-13/h2-6,12,14H,7-11H2,1H3/q+1. The second-order valence-corrected chi connectivity index (χ2v) is 5.74. The molecule has 96 valence electrons. The number of hydrogen-bond acceptors (Lipinski definition) is 2. The number of ether oxygens (including phenoxy) is 1. The van der Waals surface area contributed by atoms with Crippen LogP contribution in [0.25, 0.3) is 0 Å². The number of Topliss-reactive ketones (excluding diaryl/α,β-unsaturated/α-hetero) is 1. The Morgan fingerprint density at radius 2 is 1.89 bits per heavy atom. The van der Waals surface area contributed by atoms with Crippen LogP contribution in [0.3, 0.4) is 0 Å². The van der Waals surface area contributed by atoms with Gasteiger partial charge in [0.1, 0.15) is 12.4 Å². The van der Waals surface area contributed by atoms with Crippen molar-refractivity contribution in [2.45, 2.75) is 18.9 Å². The van der Waals surface area contributed by atoms with E-state index in [4.69, 9.17) is 4.74 Å². The highest BCUT2D eigenvalue weighted by Crippen LogP contribution is 2.34. The molecule has 0 saturated carbocycles. The van der Waals surface area contributed by atoms with Gasteiger partial charge in [-0.25, -0.2) is 0 Å². The Hall–Kier alpha value is -1.35. The molecule has 3 fully saturated rings. The van der Waals surface area contributed by atoms with Crippen molar-refractivity contribution in [1.29, 1.82) is 0 Å². The first-order chi connectivity index (χ1) is 8.69. The normalized spacial score (nSPS) is 34.6. The number of carbonyl (C=O) groups excluding carboxylic acids is 1. The van der Waals surface area contributed by atoms with E-state index in [9.17, 15) is 4.79 Å². The third-order valence-corrected chi connectivity index (χ3v) is 4.61. The number of benzene rings is 1. The number of para-hydroxylation sites is 1. The van der Waals surface area contributed by atoms with Crippen LogP contribution in [-0.4, -0.2) is 43.1 Å². The second kappa shape index (κ2) is 4.39. The van der Waals surface area contributed by atoms with E-state index in [2.05, 4.69) is 7.05 Å². The quantitative estimate of drug-likeness (QED) is 0.761. The molecule has 1 aromatic rings. The van der Waals surface area contributed by atoms with Gasteiger partial charge in [-0.1, -0.05) is 18.2 Å². The number of hydrogen-bond donors (Lipinski definition) is 0. The first-order valence-electron chi connectivity index (χ1n) is 6.75. The Morgan fingerprint density at radius 1 is 1.22 bits per heavy atom. The topological polar surface area (TPSA) is 26.3 Å². The molecular weight excluding hydrogens is 226 g/mol. The molecule has 0 radical (unpaired) electrons. The summed E-state index contributed by atoms with van der Waals surface area (Å²) in [4.78, 5) is 12.3. The van der Waals surface area contributed by atoms with Gasteiger partial charge in [0.2, 0.25) is 0 Å². The molecule has 1 unspecified atom stereocenters. The van der Waals surface area contributed by atoms with E-state index in [1.807, 2.05) is 30.3 Å². The largest absolute Gasteiger partial charge is 0.487 e. The number of nitrogens with zero attached hydrogens (tertiary/aromatic N) is 1. The van der Waals surface area contributed by atoms with Gasteiger partial charge in [-0.2, -0.15) is 0 Å². The van der Waals surface area contributed by atoms with Crippen molar-refractivity contribution in [1.82, 2.24) is 0 Å². The molecule has 1 atom stereocenters. The lowest BCUT2D eigenvalue weighted by atomic mass is 9.80. The molecule has 3 aliphatic heterocycles. The van der Waals surface area contributed by atoms with Crippen molar-refractivity contribution >= 4 is 5.78 Å². The smallest absolute Gasteiger partial charge is 0.197 e. The Morgan fingerprint density at radius 3 is 2.50 bits per heavy atom. The van der Waals surface area contributed by atoms with Gasteiger partial charge in [0.15, 0.2) is 11.8 Å². The Kier molecular flexibility index (Phi) is 2.86. The average Bonchev–Trinajstić information content (AvgIpc) is 2.39. The summed E-state index contributed by atoms with van der Waals surface area (Å²) in [6.45, 7) is 2.77. The first-order valence-corrected chi connectivity index (χ1v) is 6.75. The van der Waals surface area contributed by atoms with Crippen molar-refractivity contribution in [2.24, 2.45) is 5.92 Å². The fourth-order valence-electron chi connectivity index (χ4n) is 3.29. The minimum absolute atomic E-state index is 0.0395. The molecule has 3 heteroatoms. The van der Waals surface area contributed by atoms with Crippen molar-refractivity contribution in [3.8, 4) is 5.75 Å². The maximum atomic E-state index is 12.3. The fraction of sp³-hybridized carbons (Fsp3) is 0.533. The Bertz CT molecular complexity index is 435. The van der Waals surface area contributed by atoms with Crippen LogP contribution in [0.1, 0.15) is 12.8 Å². The van der Waals surface area contributed by atoms with Gasteiger partial charge in [0, 0.05) is 18.8 Å². The summed E-state index contributed by atoms with van der Waals surface area (Å²) < 4.78 is 6.67. The Balaban J connectivity index is 1.70. The SMILES string of the molecule is C[N+]12CCC(CC1)C(=O)C2COc1ccccc1. The summed E-state index contributed by atoms with van der Waals surface area (Å²) >= 11 is 0. The second-order valence-electron chi connectivity index (χ2n) is 5.74. The highest BCUT2D eigenvalue weighted by Gasteiger charge is 2.51. The molecule has 0 aliphatic carbocycles. The number of rotatable bonds is 3. The minimum atomic E-state index is 0.0395. The van der Waals surface area contributed by atoms with E-state index >= 15 is 0 Å². The third-order valence-electron chi connectivity index (χ3n) is 4.61. The van der Waals surface area contributed by atoms with Crippen LogP contribution < -0.4 is 4.74 Å². The van der Waals surface area contributed by atoms with Crippen molar-refractivity contribution in [2.75, 3.05) is 26.7 Å². The van der Waals surface area contributed by atoms with E-state index in [1.54, 1.807) is 0 Å². The highest BCUT2D eigenvalue weighted by molar-refractivity contribution is 5.86. The van der Waals surface area contributed by atoms with Crippen LogP contribution in [0.15, 0.2) is 30.3 Å². The Labute approximate surface area is 108 Å². The maximum absolute atomic E-state index is 12.3. The van der Waals surface area contributed by atoms with Crippen LogP contribution in [-0.2, 0) is 4.79 Å². The van der Waals surface area contributed by atoms with Crippen LogP contribution >= 0.6 is 0 Å². The van der Waals surface area contributed by atoms with Crippen molar-refractivity contribution in [3.05, 3.63) is 30.3 Å². The molecular formula is C15H20NO2+. The van der Waals surface area contributed by atoms with Crippen LogP contribution in [0.5, 0.6) is 5.75 Å². The van der Waals surface area contributed by atoms with Gasteiger partial charge < -0.3 is 9.22 Å². The molecule has 3 saturated heterocycles. The number of ketones is 1. The molecule has 0 N–H and O–H groups in total. The predicted octanol–water partition coefficient (Wildman–Crippen LogP) is 1.87. The van der Waals surface area contributed by atoms with Gasteiger partial charge in [-0.3, -0.25) is 4.79 Å². The molecule has 0 spiro atoms. The average molecular weight is 246 g/mol. The molecule has 1 aromatic carbocycles. The summed E-state index contributed by atoms with van der Waals surface area (Å²) in [5, 5.41) is 0. The van der Waals surface area contributed by atoms with E-state index in [0.29, 0.717) is 18.3 Å². The third kappa shape index (κ3) is 1.93. The number of quaternary nitrogens is 1. The molecule has 3 nitrogen and oxygen atoms in total. The zero-order chi connectivity index (χ0) is 12.6.